The molecule has 2 aromatic rings. The Balaban J connectivity index is 2.27. The Morgan fingerprint density at radius 3 is 2.52 bits per heavy atom. The molecule has 0 fully saturated rings. The third kappa shape index (κ3) is 4.48. The van der Waals surface area contributed by atoms with Crippen LogP contribution in [0.25, 0.3) is 0 Å². The number of hydrogen-bond donors (Lipinski definition) is 2. The molecule has 1 aliphatic heterocycles. The summed E-state index contributed by atoms with van der Waals surface area (Å²) < 4.78 is 29.9. The molecule has 7 heteroatoms. The Labute approximate surface area is 178 Å². The highest BCUT2D eigenvalue weighted by Crippen LogP contribution is 2.41. The molecule has 1 unspecified atom stereocenters. The first-order chi connectivity index (χ1) is 13.9. The maximum atomic E-state index is 13.4. The van der Waals surface area contributed by atoms with E-state index < -0.39 is 15.6 Å². The summed E-state index contributed by atoms with van der Waals surface area (Å²) in [5, 5.41) is 9.80. The van der Waals surface area contributed by atoms with Crippen LogP contribution in [0.5, 0.6) is 0 Å². The average Bonchev–Trinajstić information content (AvgIpc) is 2.84. The molecule has 3 rings (SSSR count). The summed E-state index contributed by atoms with van der Waals surface area (Å²) in [6.45, 7) is 4.53. The Kier molecular flexibility index (Phi) is 6.94. The summed E-state index contributed by atoms with van der Waals surface area (Å²) in [6, 6.07) is 13.5. The molecule has 1 aliphatic rings. The lowest BCUT2D eigenvalue weighted by molar-refractivity contribution is 0.278. The van der Waals surface area contributed by atoms with E-state index in [1.807, 2.05) is 49.6 Å². The van der Waals surface area contributed by atoms with Gasteiger partial charge in [-0.2, -0.15) is 0 Å². The van der Waals surface area contributed by atoms with Crippen LogP contribution in [0, 0.1) is 0 Å². The molecule has 1 atom stereocenters. The van der Waals surface area contributed by atoms with Crippen LogP contribution in [-0.2, 0) is 16.6 Å². The highest BCUT2D eigenvalue weighted by molar-refractivity contribution is 7.98. The summed E-state index contributed by atoms with van der Waals surface area (Å²) in [7, 11) is -3.74. The van der Waals surface area contributed by atoms with E-state index in [1.165, 1.54) is 11.8 Å². The minimum absolute atomic E-state index is 0.195. The smallest absolute Gasteiger partial charge is 0.243 e. The quantitative estimate of drug-likeness (QED) is 0.620. The number of nitrogens with one attached hydrogen (secondary N) is 1. The zero-order valence-electron chi connectivity index (χ0n) is 17.3. The van der Waals surface area contributed by atoms with Crippen molar-refractivity contribution in [1.29, 1.82) is 0 Å². The van der Waals surface area contributed by atoms with Gasteiger partial charge in [0.1, 0.15) is 4.90 Å². The van der Waals surface area contributed by atoms with Crippen molar-refractivity contribution in [3.8, 4) is 0 Å². The molecule has 1 heterocycles. The summed E-state index contributed by atoms with van der Waals surface area (Å²) in [6.07, 6.45) is 5.37. The second-order valence-corrected chi connectivity index (χ2v) is 10.1. The van der Waals surface area contributed by atoms with Gasteiger partial charge in [-0.05, 0) is 48.9 Å². The highest BCUT2D eigenvalue weighted by Gasteiger charge is 2.41. The monoisotopic (exact) mass is 434 g/mol. The van der Waals surface area contributed by atoms with E-state index in [0.29, 0.717) is 24.2 Å². The largest absolute Gasteiger partial charge is 0.392 e. The number of sulfonamides is 1. The van der Waals surface area contributed by atoms with Gasteiger partial charge in [-0.1, -0.05) is 44.9 Å². The maximum absolute atomic E-state index is 13.4. The zero-order valence-corrected chi connectivity index (χ0v) is 18.9. The molecule has 158 valence electrons. The van der Waals surface area contributed by atoms with Gasteiger partial charge < -0.3 is 10.0 Å². The first-order valence-corrected chi connectivity index (χ1v) is 12.8. The highest BCUT2D eigenvalue weighted by atomic mass is 32.2. The minimum atomic E-state index is -3.74. The van der Waals surface area contributed by atoms with Gasteiger partial charge in [0.15, 0.2) is 0 Å². The van der Waals surface area contributed by atoms with Crippen molar-refractivity contribution in [3.05, 3.63) is 48.0 Å². The number of anilines is 2. The van der Waals surface area contributed by atoms with Gasteiger partial charge in [0.2, 0.25) is 10.0 Å². The lowest BCUT2D eigenvalue weighted by atomic mass is 9.89. The van der Waals surface area contributed by atoms with Crippen molar-refractivity contribution in [2.24, 2.45) is 0 Å². The number of aliphatic hydroxyl groups excluding tert-OH is 1. The van der Waals surface area contributed by atoms with Gasteiger partial charge in [0.25, 0.3) is 0 Å². The number of hydrogen-bond acceptors (Lipinski definition) is 5. The van der Waals surface area contributed by atoms with E-state index in [-0.39, 0.29) is 11.5 Å². The first-order valence-electron chi connectivity index (χ1n) is 10.1. The van der Waals surface area contributed by atoms with E-state index in [0.717, 1.165) is 29.8 Å². The van der Waals surface area contributed by atoms with Crippen LogP contribution >= 0.6 is 11.8 Å². The van der Waals surface area contributed by atoms with E-state index >= 15 is 0 Å². The lowest BCUT2D eigenvalue weighted by Crippen LogP contribution is -2.52. The van der Waals surface area contributed by atoms with Crippen molar-refractivity contribution < 1.29 is 13.5 Å². The van der Waals surface area contributed by atoms with Crippen molar-refractivity contribution >= 4 is 33.2 Å². The molecular weight excluding hydrogens is 404 g/mol. The third-order valence-corrected chi connectivity index (χ3v) is 8.11. The minimum Gasteiger partial charge on any atom is -0.392 e. The Bertz CT molecular complexity index is 948. The number of aliphatic hydroxyl groups is 1. The molecule has 0 spiro atoms. The van der Waals surface area contributed by atoms with Crippen LogP contribution in [-0.4, -0.2) is 31.9 Å². The van der Waals surface area contributed by atoms with Crippen LogP contribution < -0.4 is 9.62 Å². The summed E-state index contributed by atoms with van der Waals surface area (Å²) in [5.41, 5.74) is 1.71. The number of nitrogens with zero attached hydrogens (tertiary/aromatic N) is 1. The number of unbranched alkanes of at least 4 members (excludes halogenated alkanes) is 1. The molecule has 0 radical (unpaired) electrons. The Morgan fingerprint density at radius 1 is 1.21 bits per heavy atom. The molecule has 29 heavy (non-hydrogen) atoms. The predicted molar refractivity (Wildman–Crippen MR) is 120 cm³/mol. The van der Waals surface area contributed by atoms with Crippen molar-refractivity contribution in [2.45, 2.75) is 61.5 Å². The maximum Gasteiger partial charge on any atom is 0.243 e. The van der Waals surface area contributed by atoms with Crippen LogP contribution in [0.3, 0.4) is 0 Å². The van der Waals surface area contributed by atoms with E-state index in [2.05, 4.69) is 16.5 Å². The van der Waals surface area contributed by atoms with Crippen molar-refractivity contribution in [3.63, 3.8) is 0 Å². The van der Waals surface area contributed by atoms with E-state index in [4.69, 9.17) is 0 Å². The van der Waals surface area contributed by atoms with Crippen LogP contribution in [0.4, 0.5) is 11.4 Å². The van der Waals surface area contributed by atoms with E-state index in [1.54, 1.807) is 6.07 Å². The lowest BCUT2D eigenvalue weighted by Gasteiger charge is -2.36. The molecule has 2 N–H and O–H groups in total. The second kappa shape index (κ2) is 9.08. The third-order valence-electron chi connectivity index (χ3n) is 5.68. The van der Waals surface area contributed by atoms with Crippen molar-refractivity contribution in [2.75, 3.05) is 17.7 Å². The normalized spacial score (nSPS) is 20.9. The average molecular weight is 435 g/mol. The molecule has 0 aromatic heterocycles. The van der Waals surface area contributed by atoms with Gasteiger partial charge in [-0.15, -0.1) is 11.8 Å². The molecule has 0 saturated heterocycles. The van der Waals surface area contributed by atoms with Crippen molar-refractivity contribution in [1.82, 2.24) is 4.72 Å². The first kappa shape index (κ1) is 22.2. The van der Waals surface area contributed by atoms with Crippen LogP contribution in [0.15, 0.2) is 52.3 Å². The fourth-order valence-electron chi connectivity index (χ4n) is 3.94. The van der Waals surface area contributed by atoms with Crippen LogP contribution in [0.1, 0.15) is 45.1 Å². The number of fused-ring (bicyclic) bond motifs is 1. The summed E-state index contributed by atoms with van der Waals surface area (Å²) >= 11 is 1.51. The van der Waals surface area contributed by atoms with E-state index in [9.17, 15) is 13.5 Å². The second-order valence-electron chi connectivity index (χ2n) is 7.55. The molecule has 2 aromatic carbocycles. The number of benzene rings is 2. The van der Waals surface area contributed by atoms with Gasteiger partial charge >= 0.3 is 0 Å². The molecule has 0 aliphatic carbocycles. The van der Waals surface area contributed by atoms with Gasteiger partial charge in [0, 0.05) is 17.1 Å². The molecular formula is C22H30N2O3S2. The molecule has 0 saturated carbocycles. The molecule has 0 bridgehead atoms. The predicted octanol–water partition coefficient (Wildman–Crippen LogP) is 4.67. The zero-order chi connectivity index (χ0) is 21.1. The standard InChI is InChI=1S/C22H30N2O3S2/c1-4-6-12-22(5-2)16-24(18-10-8-7-9-11-18)19-14-20(28-3)17(15-25)13-21(19)29(26,27)23-22/h7-11,13-14,23,25H,4-6,12,15-16H2,1-3H3. The van der Waals surface area contributed by atoms with Gasteiger partial charge in [0.05, 0.1) is 17.8 Å². The Hall–Kier alpha value is -1.54. The Morgan fingerprint density at radius 2 is 1.93 bits per heavy atom. The van der Waals surface area contributed by atoms with Gasteiger partial charge in [-0.25, -0.2) is 13.1 Å². The summed E-state index contributed by atoms with van der Waals surface area (Å²) in [5.74, 6) is 0. The number of rotatable bonds is 7. The molecule has 5 nitrogen and oxygen atoms in total. The number of para-hydroxylation sites is 1. The van der Waals surface area contributed by atoms with Gasteiger partial charge in [-0.3, -0.25) is 0 Å². The molecule has 0 amide bonds. The fourth-order valence-corrected chi connectivity index (χ4v) is 6.28. The summed E-state index contributed by atoms with van der Waals surface area (Å²) in [4.78, 5) is 3.24. The SMILES string of the molecule is CCCCC1(CC)CN(c2ccccc2)c2cc(SC)c(CO)cc2S(=O)(=O)N1. The van der Waals surface area contributed by atoms with Crippen LogP contribution in [0.2, 0.25) is 0 Å². The topological polar surface area (TPSA) is 69.6 Å². The number of thioether (sulfide) groups is 1. The fraction of sp³-hybridized carbons (Fsp3) is 0.455.